The van der Waals surface area contributed by atoms with Crippen LogP contribution in [0, 0.1) is 0 Å². The van der Waals surface area contributed by atoms with E-state index >= 15 is 0 Å². The number of nitrogens with zero attached hydrogens (tertiary/aromatic N) is 3. The Kier molecular flexibility index (Phi) is 15.3. The molecule has 14 aromatic carbocycles. The average Bonchev–Trinajstić information content (AvgIpc) is 1.68. The monoisotopic (exact) mass is 1250 g/mol. The van der Waals surface area contributed by atoms with Gasteiger partial charge in [0, 0.05) is 113 Å². The summed E-state index contributed by atoms with van der Waals surface area (Å²) in [5.74, 6) is 0. The highest BCUT2D eigenvalue weighted by Crippen LogP contribution is 2.48. The van der Waals surface area contributed by atoms with E-state index in [0.717, 1.165) is 106 Å². The molecule has 0 amide bonds. The molecular weight excluding hydrogens is 1200 g/mol. The van der Waals surface area contributed by atoms with Crippen molar-refractivity contribution >= 4 is 181 Å². The van der Waals surface area contributed by atoms with Gasteiger partial charge in [-0.25, -0.2) is 0 Å². The van der Waals surface area contributed by atoms with E-state index in [2.05, 4.69) is 269 Å². The van der Waals surface area contributed by atoms with Gasteiger partial charge >= 0.3 is 0 Å². The normalized spacial score (nSPS) is 11.3. The first-order valence-electron chi connectivity index (χ1n) is 30.9. The molecule has 6 nitrogen and oxygen atoms in total. The molecule has 4 aromatic heterocycles. The van der Waals surface area contributed by atoms with E-state index < -0.39 is 0 Å². The van der Waals surface area contributed by atoms with Crippen LogP contribution in [0.2, 0.25) is 5.02 Å². The lowest BCUT2D eigenvalue weighted by atomic mass is 10.1. The van der Waals surface area contributed by atoms with Crippen LogP contribution >= 0.6 is 34.3 Å². The third kappa shape index (κ3) is 11.2. The first-order chi connectivity index (χ1) is 46.0. The second kappa shape index (κ2) is 25.1. The maximum absolute atomic E-state index is 6.58. The van der Waals surface area contributed by atoms with Gasteiger partial charge in [0.1, 0.15) is 22.3 Å². The number of para-hydroxylation sites is 6. The van der Waals surface area contributed by atoms with Crippen LogP contribution in [0.25, 0.3) is 84.2 Å². The second-order valence-electron chi connectivity index (χ2n) is 22.6. The summed E-state index contributed by atoms with van der Waals surface area (Å²) in [6, 6.07) is 118. The SMILES string of the molecule is Clc1cccc2oc3ccc(N(c4ccccc4)c4ccc5sc6ccccc6c5c4)cc3c12.c1ccc(N(c2ccc3sc4ccccc4c3c2)c2ccc3oc4cccc(N(c5ccccc5)c5ccccc5)c4c3c2)cc1.c1ccc(Nc2ccccc2)cc1. The molecule has 0 aliphatic heterocycles. The van der Waals surface area contributed by atoms with Gasteiger partial charge in [0.15, 0.2) is 0 Å². The predicted molar refractivity (Wildman–Crippen MR) is 398 cm³/mol. The van der Waals surface area contributed by atoms with Crippen molar-refractivity contribution < 1.29 is 8.83 Å². The maximum atomic E-state index is 6.58. The number of thiophene rings is 2. The number of rotatable bonds is 11. The Morgan fingerprint density at radius 2 is 0.591 bits per heavy atom. The highest BCUT2D eigenvalue weighted by molar-refractivity contribution is 7.26. The minimum absolute atomic E-state index is 0.700. The van der Waals surface area contributed by atoms with Crippen LogP contribution in [0.1, 0.15) is 0 Å². The van der Waals surface area contributed by atoms with Crippen molar-refractivity contribution in [3.63, 3.8) is 0 Å². The van der Waals surface area contributed by atoms with Gasteiger partial charge in [-0.1, -0.05) is 169 Å². The highest BCUT2D eigenvalue weighted by Gasteiger charge is 2.23. The summed E-state index contributed by atoms with van der Waals surface area (Å²) in [6.07, 6.45) is 0. The van der Waals surface area contributed by atoms with Gasteiger partial charge in [-0.3, -0.25) is 0 Å². The van der Waals surface area contributed by atoms with Crippen molar-refractivity contribution in [1.82, 2.24) is 0 Å². The quantitative estimate of drug-likeness (QED) is 0.139. The molecule has 0 atom stereocenters. The molecule has 0 aliphatic carbocycles. The van der Waals surface area contributed by atoms with E-state index in [1.807, 2.05) is 114 Å². The number of hydrogen-bond donors (Lipinski definition) is 1. The Labute approximate surface area is 550 Å². The molecule has 0 bridgehead atoms. The fourth-order valence-corrected chi connectivity index (χ4v) is 15.0. The van der Waals surface area contributed by atoms with Crippen molar-refractivity contribution in [2.24, 2.45) is 0 Å². The summed E-state index contributed by atoms with van der Waals surface area (Å²) in [5.41, 5.74) is 15.4. The maximum Gasteiger partial charge on any atom is 0.137 e. The molecule has 0 saturated carbocycles. The first-order valence-corrected chi connectivity index (χ1v) is 32.9. The Balaban J connectivity index is 0.000000127. The van der Waals surface area contributed by atoms with Gasteiger partial charge in [0.05, 0.1) is 16.1 Å². The standard InChI is InChI=1S/C42H28N2OS.C30H18ClNOS.C12H11N/c1-4-13-29(14-5-1)43(33-24-26-41-35(27-33)34-19-10-11-22-40(34)46-41)32-23-25-38-36(28-32)42-37(20-12-21-39(42)45-38)44(30-15-6-2-7-16-30)31-17-8-3-9-18-31;31-25-10-6-11-27-30(25)24-18-20(13-15-26(24)33-27)32(19-7-2-1-3-8-19)21-14-16-29-23(17-21)22-9-4-5-12-28(22)34-29;1-3-7-11(8-4-1)13-12-9-5-2-6-10-12/h1-28H;1-18H;1-10,13H. The number of nitrogens with one attached hydrogen (secondary N) is 1. The number of anilines is 11. The van der Waals surface area contributed by atoms with Gasteiger partial charge in [0.25, 0.3) is 0 Å². The van der Waals surface area contributed by atoms with Crippen molar-refractivity contribution in [1.29, 1.82) is 0 Å². The molecule has 93 heavy (non-hydrogen) atoms. The lowest BCUT2D eigenvalue weighted by molar-refractivity contribution is 0.668. The molecule has 9 heteroatoms. The van der Waals surface area contributed by atoms with Gasteiger partial charge < -0.3 is 28.9 Å². The van der Waals surface area contributed by atoms with E-state index in [4.69, 9.17) is 20.4 Å². The summed E-state index contributed by atoms with van der Waals surface area (Å²) in [4.78, 5) is 6.95. The molecular formula is C84H57ClN4O2S2. The van der Waals surface area contributed by atoms with Crippen LogP contribution in [-0.4, -0.2) is 0 Å². The molecule has 4 heterocycles. The second-order valence-corrected chi connectivity index (χ2v) is 25.2. The largest absolute Gasteiger partial charge is 0.456 e. The fourth-order valence-electron chi connectivity index (χ4n) is 12.6. The summed E-state index contributed by atoms with van der Waals surface area (Å²) in [7, 11) is 0. The van der Waals surface area contributed by atoms with Gasteiger partial charge in [-0.2, -0.15) is 0 Å². The van der Waals surface area contributed by atoms with E-state index in [-0.39, 0.29) is 0 Å². The third-order valence-corrected chi connectivity index (χ3v) is 19.4. The van der Waals surface area contributed by atoms with Crippen LogP contribution < -0.4 is 20.0 Å². The zero-order valence-corrected chi connectivity index (χ0v) is 52.6. The molecule has 0 spiro atoms. The van der Waals surface area contributed by atoms with Gasteiger partial charge in [-0.15, -0.1) is 22.7 Å². The Bertz CT molecular complexity index is 5570. The van der Waals surface area contributed by atoms with Gasteiger partial charge in [-0.05, 0) is 182 Å². The lowest BCUT2D eigenvalue weighted by Crippen LogP contribution is -2.10. The topological polar surface area (TPSA) is 48.0 Å². The predicted octanol–water partition coefficient (Wildman–Crippen LogP) is 26.4. The molecule has 0 radical (unpaired) electrons. The molecule has 0 aliphatic rings. The minimum Gasteiger partial charge on any atom is -0.456 e. The molecule has 18 rings (SSSR count). The number of fused-ring (bicyclic) bond motifs is 12. The van der Waals surface area contributed by atoms with E-state index in [1.54, 1.807) is 0 Å². The van der Waals surface area contributed by atoms with Crippen molar-refractivity contribution in [3.05, 3.63) is 345 Å². The molecule has 0 fully saturated rings. The van der Waals surface area contributed by atoms with Crippen molar-refractivity contribution in [2.75, 3.05) is 20.0 Å². The summed E-state index contributed by atoms with van der Waals surface area (Å²) < 4.78 is 17.8. The number of hydrogen-bond acceptors (Lipinski definition) is 8. The summed E-state index contributed by atoms with van der Waals surface area (Å²) >= 11 is 10.3. The summed E-state index contributed by atoms with van der Waals surface area (Å²) in [5, 5.41) is 13.3. The molecule has 1 N–H and O–H groups in total. The van der Waals surface area contributed by atoms with Crippen molar-refractivity contribution in [3.8, 4) is 0 Å². The number of furan rings is 2. The minimum atomic E-state index is 0.700. The number of halogens is 1. The van der Waals surface area contributed by atoms with Crippen LogP contribution in [0.4, 0.5) is 62.6 Å². The average molecular weight is 1250 g/mol. The first kappa shape index (κ1) is 56.8. The molecule has 0 saturated heterocycles. The van der Waals surface area contributed by atoms with Gasteiger partial charge in [0.2, 0.25) is 0 Å². The zero-order chi connectivity index (χ0) is 62.0. The lowest BCUT2D eigenvalue weighted by Gasteiger charge is -2.27. The van der Waals surface area contributed by atoms with Crippen LogP contribution in [0.5, 0.6) is 0 Å². The van der Waals surface area contributed by atoms with E-state index in [0.29, 0.717) is 5.02 Å². The number of benzene rings is 14. The highest BCUT2D eigenvalue weighted by atomic mass is 35.5. The van der Waals surface area contributed by atoms with Crippen LogP contribution in [0.3, 0.4) is 0 Å². The molecule has 18 aromatic rings. The van der Waals surface area contributed by atoms with Crippen molar-refractivity contribution in [2.45, 2.75) is 0 Å². The molecule has 444 valence electrons. The zero-order valence-electron chi connectivity index (χ0n) is 50.2. The smallest absolute Gasteiger partial charge is 0.137 e. The third-order valence-electron chi connectivity index (χ3n) is 16.8. The Morgan fingerprint density at radius 1 is 0.247 bits per heavy atom. The molecule has 0 unspecified atom stereocenters. The fraction of sp³-hybridized carbons (Fsp3) is 0. The Morgan fingerprint density at radius 3 is 1.04 bits per heavy atom. The van der Waals surface area contributed by atoms with Crippen LogP contribution in [-0.2, 0) is 0 Å². The summed E-state index contributed by atoms with van der Waals surface area (Å²) in [6.45, 7) is 0. The Hall–Kier alpha value is -11.4. The van der Waals surface area contributed by atoms with E-state index in [9.17, 15) is 0 Å². The van der Waals surface area contributed by atoms with E-state index in [1.165, 1.54) is 40.3 Å². The van der Waals surface area contributed by atoms with Crippen LogP contribution in [0.15, 0.2) is 349 Å².